The van der Waals surface area contributed by atoms with Crippen LogP contribution >= 0.6 is 0 Å². The zero-order chi connectivity index (χ0) is 15.6. The van der Waals surface area contributed by atoms with Crippen molar-refractivity contribution in [2.75, 3.05) is 19.7 Å². The van der Waals surface area contributed by atoms with Crippen molar-refractivity contribution in [3.63, 3.8) is 0 Å². The van der Waals surface area contributed by atoms with E-state index in [4.69, 9.17) is 9.47 Å². The van der Waals surface area contributed by atoms with Gasteiger partial charge in [-0.25, -0.2) is 0 Å². The van der Waals surface area contributed by atoms with E-state index in [1.807, 2.05) is 0 Å². The Kier molecular flexibility index (Phi) is 4.44. The number of ether oxygens (including phenoxy) is 2. The minimum atomic E-state index is -0.450. The Morgan fingerprint density at radius 1 is 1.18 bits per heavy atom. The van der Waals surface area contributed by atoms with Crippen LogP contribution in [0.5, 0.6) is 0 Å². The van der Waals surface area contributed by atoms with Crippen LogP contribution in [0.1, 0.15) is 44.9 Å². The number of carbonyl (C=O) groups excluding carboxylic acids is 3. The van der Waals surface area contributed by atoms with E-state index in [2.05, 4.69) is 5.32 Å². The molecule has 0 aromatic carbocycles. The normalized spacial score (nSPS) is 27.6. The number of carbonyl (C=O) groups is 3. The minimum absolute atomic E-state index is 0.160. The molecule has 1 atom stereocenters. The largest absolute Gasteiger partial charge is 0.352 e. The molecule has 1 spiro atoms. The molecule has 3 fully saturated rings. The second-order valence-corrected chi connectivity index (χ2v) is 6.20. The van der Waals surface area contributed by atoms with Gasteiger partial charge in [-0.05, 0) is 12.8 Å². The summed E-state index contributed by atoms with van der Waals surface area (Å²) in [6.45, 7) is 0.620. The van der Waals surface area contributed by atoms with Crippen molar-refractivity contribution in [3.05, 3.63) is 0 Å². The molecule has 122 valence electrons. The van der Waals surface area contributed by atoms with Gasteiger partial charge in [-0.15, -0.1) is 0 Å². The fourth-order valence-corrected chi connectivity index (χ4v) is 3.30. The lowest BCUT2D eigenvalue weighted by molar-refractivity contribution is -0.186. The number of hydrogen-bond acceptors (Lipinski definition) is 5. The van der Waals surface area contributed by atoms with E-state index >= 15 is 0 Å². The predicted octanol–water partition coefficient (Wildman–Crippen LogP) is 0.327. The fraction of sp³-hybridized carbons (Fsp3) is 0.800. The van der Waals surface area contributed by atoms with Crippen molar-refractivity contribution >= 4 is 17.7 Å². The number of amides is 3. The van der Waals surface area contributed by atoms with E-state index in [1.54, 1.807) is 0 Å². The van der Waals surface area contributed by atoms with Crippen LogP contribution in [-0.4, -0.2) is 54.2 Å². The van der Waals surface area contributed by atoms with Gasteiger partial charge in [0.1, 0.15) is 12.6 Å². The Bertz CT molecular complexity index is 457. The number of likely N-dealkylation sites (tertiary alicyclic amines) is 1. The highest BCUT2D eigenvalue weighted by Crippen LogP contribution is 2.37. The van der Waals surface area contributed by atoms with Crippen LogP contribution in [0.2, 0.25) is 0 Å². The maximum absolute atomic E-state index is 11.9. The topological polar surface area (TPSA) is 84.9 Å². The van der Waals surface area contributed by atoms with E-state index < -0.39 is 5.79 Å². The van der Waals surface area contributed by atoms with E-state index in [-0.39, 0.29) is 43.2 Å². The highest BCUT2D eigenvalue weighted by atomic mass is 16.7. The molecule has 0 aromatic rings. The summed E-state index contributed by atoms with van der Waals surface area (Å²) in [5.74, 6) is -1.34. The van der Waals surface area contributed by atoms with E-state index in [9.17, 15) is 14.4 Å². The van der Waals surface area contributed by atoms with Crippen molar-refractivity contribution in [3.8, 4) is 0 Å². The molecule has 3 rings (SSSR count). The van der Waals surface area contributed by atoms with Crippen LogP contribution in [0.4, 0.5) is 0 Å². The number of hydrogen-bond donors (Lipinski definition) is 1. The second-order valence-electron chi connectivity index (χ2n) is 6.20. The van der Waals surface area contributed by atoms with Crippen molar-refractivity contribution in [1.29, 1.82) is 0 Å². The summed E-state index contributed by atoms with van der Waals surface area (Å²) in [6.07, 6.45) is 5.50. The standard InChI is InChI=1S/C15H22N2O5/c18-12(9-17-13(19)4-5-14(17)20)16-8-11-10-21-15(22-11)6-2-1-3-7-15/h11H,1-10H2,(H,16,18)/t11-/m0/s1. The molecule has 7 nitrogen and oxygen atoms in total. The molecule has 7 heteroatoms. The van der Waals surface area contributed by atoms with Crippen LogP contribution in [0, 0.1) is 0 Å². The molecule has 0 aromatic heterocycles. The van der Waals surface area contributed by atoms with Crippen molar-refractivity contribution in [1.82, 2.24) is 10.2 Å². The van der Waals surface area contributed by atoms with E-state index in [1.165, 1.54) is 6.42 Å². The van der Waals surface area contributed by atoms with Crippen LogP contribution in [0.15, 0.2) is 0 Å². The highest BCUT2D eigenvalue weighted by molar-refractivity contribution is 6.04. The average Bonchev–Trinajstić information content (AvgIpc) is 3.04. The van der Waals surface area contributed by atoms with Gasteiger partial charge in [-0.1, -0.05) is 6.42 Å². The van der Waals surface area contributed by atoms with Gasteiger partial charge in [-0.3, -0.25) is 19.3 Å². The van der Waals surface area contributed by atoms with Crippen molar-refractivity contribution < 1.29 is 23.9 Å². The van der Waals surface area contributed by atoms with Crippen LogP contribution in [0.25, 0.3) is 0 Å². The van der Waals surface area contributed by atoms with Gasteiger partial charge in [0.15, 0.2) is 5.79 Å². The first kappa shape index (κ1) is 15.4. The van der Waals surface area contributed by atoms with Crippen LogP contribution < -0.4 is 5.32 Å². The van der Waals surface area contributed by atoms with Crippen LogP contribution in [-0.2, 0) is 23.9 Å². The van der Waals surface area contributed by atoms with Gasteiger partial charge in [0.25, 0.3) is 0 Å². The molecule has 1 N–H and O–H groups in total. The van der Waals surface area contributed by atoms with Gasteiger partial charge in [-0.2, -0.15) is 0 Å². The first-order chi connectivity index (χ1) is 10.6. The second kappa shape index (κ2) is 6.34. The third kappa shape index (κ3) is 3.30. The fourth-order valence-electron chi connectivity index (χ4n) is 3.30. The predicted molar refractivity (Wildman–Crippen MR) is 75.6 cm³/mol. The number of imide groups is 1. The Morgan fingerprint density at radius 3 is 2.55 bits per heavy atom. The van der Waals surface area contributed by atoms with E-state index in [0.29, 0.717) is 13.2 Å². The molecule has 3 amide bonds. The first-order valence-electron chi connectivity index (χ1n) is 8.00. The third-order valence-corrected chi connectivity index (χ3v) is 4.51. The summed E-state index contributed by atoms with van der Waals surface area (Å²) in [5, 5.41) is 2.72. The zero-order valence-corrected chi connectivity index (χ0v) is 12.6. The van der Waals surface area contributed by atoms with E-state index in [0.717, 1.165) is 30.6 Å². The average molecular weight is 310 g/mol. The maximum Gasteiger partial charge on any atom is 0.240 e. The lowest BCUT2D eigenvalue weighted by Gasteiger charge is -2.31. The summed E-state index contributed by atoms with van der Waals surface area (Å²) >= 11 is 0. The van der Waals surface area contributed by atoms with Crippen LogP contribution in [0.3, 0.4) is 0 Å². The lowest BCUT2D eigenvalue weighted by Crippen LogP contribution is -2.43. The minimum Gasteiger partial charge on any atom is -0.352 e. The van der Waals surface area contributed by atoms with Gasteiger partial charge in [0.2, 0.25) is 17.7 Å². The Morgan fingerprint density at radius 2 is 1.86 bits per heavy atom. The SMILES string of the molecule is O=C(CN1C(=O)CCC1=O)NC[C@H]1COC2(CCCCC2)O1. The maximum atomic E-state index is 11.9. The first-order valence-corrected chi connectivity index (χ1v) is 8.00. The van der Waals surface area contributed by atoms with Crippen molar-refractivity contribution in [2.24, 2.45) is 0 Å². The summed E-state index contributed by atoms with van der Waals surface area (Å²) in [5.41, 5.74) is 0. The molecule has 3 aliphatic rings. The molecule has 1 aliphatic carbocycles. The summed E-state index contributed by atoms with van der Waals surface area (Å²) in [7, 11) is 0. The van der Waals surface area contributed by atoms with Gasteiger partial charge >= 0.3 is 0 Å². The third-order valence-electron chi connectivity index (χ3n) is 4.51. The lowest BCUT2D eigenvalue weighted by atomic mass is 9.94. The summed E-state index contributed by atoms with van der Waals surface area (Å²) in [4.78, 5) is 35.8. The molecule has 22 heavy (non-hydrogen) atoms. The molecular weight excluding hydrogens is 288 g/mol. The summed E-state index contributed by atoms with van der Waals surface area (Å²) < 4.78 is 11.8. The van der Waals surface area contributed by atoms with Crippen molar-refractivity contribution in [2.45, 2.75) is 56.8 Å². The Labute approximate surface area is 129 Å². The molecule has 1 saturated carbocycles. The Hall–Kier alpha value is -1.47. The Balaban J connectivity index is 1.42. The highest BCUT2D eigenvalue weighted by Gasteiger charge is 2.42. The number of nitrogens with one attached hydrogen (secondary N) is 1. The molecule has 0 unspecified atom stereocenters. The zero-order valence-electron chi connectivity index (χ0n) is 12.6. The van der Waals surface area contributed by atoms with Gasteiger partial charge < -0.3 is 14.8 Å². The van der Waals surface area contributed by atoms with Gasteiger partial charge in [0, 0.05) is 32.2 Å². The molecule has 2 heterocycles. The quantitative estimate of drug-likeness (QED) is 0.756. The molecule has 2 saturated heterocycles. The smallest absolute Gasteiger partial charge is 0.240 e. The molecule has 2 aliphatic heterocycles. The number of rotatable bonds is 4. The number of nitrogens with zero attached hydrogens (tertiary/aromatic N) is 1. The molecular formula is C15H22N2O5. The monoisotopic (exact) mass is 310 g/mol. The van der Waals surface area contributed by atoms with Gasteiger partial charge in [0.05, 0.1) is 6.61 Å². The molecule has 0 bridgehead atoms. The molecule has 0 radical (unpaired) electrons. The summed E-state index contributed by atoms with van der Waals surface area (Å²) in [6, 6.07) is 0.